The van der Waals surface area contributed by atoms with E-state index in [0.717, 1.165) is 24.8 Å². The summed E-state index contributed by atoms with van der Waals surface area (Å²) in [5, 5.41) is 7.29. The van der Waals surface area contributed by atoms with E-state index in [1.165, 1.54) is 0 Å². The first kappa shape index (κ1) is 18.7. The summed E-state index contributed by atoms with van der Waals surface area (Å²) in [6.45, 7) is 4.36. The zero-order valence-corrected chi connectivity index (χ0v) is 16.5. The van der Waals surface area contributed by atoms with E-state index >= 15 is 0 Å². The van der Waals surface area contributed by atoms with E-state index in [9.17, 15) is 9.59 Å². The average Bonchev–Trinajstić information content (AvgIpc) is 3.24. The number of nitrogens with zero attached hydrogens (tertiary/aromatic N) is 2. The van der Waals surface area contributed by atoms with Crippen molar-refractivity contribution in [3.05, 3.63) is 52.9 Å². The molecule has 28 heavy (non-hydrogen) atoms. The number of amides is 2. The van der Waals surface area contributed by atoms with Crippen molar-refractivity contribution >= 4 is 11.8 Å². The first-order valence-corrected chi connectivity index (χ1v) is 10.2. The number of benzene rings is 1. The van der Waals surface area contributed by atoms with Crippen LogP contribution >= 0.6 is 0 Å². The number of fused-ring (bicyclic) bond motifs is 1. The number of hydrogen-bond acceptors (Lipinski definition) is 4. The predicted octanol–water partition coefficient (Wildman–Crippen LogP) is 3.21. The van der Waals surface area contributed by atoms with Crippen LogP contribution in [0.15, 0.2) is 34.9 Å². The molecular formula is C22H27N3O3. The fraction of sp³-hybridized carbons (Fsp3) is 0.500. The highest BCUT2D eigenvalue weighted by Gasteiger charge is 2.46. The lowest BCUT2D eigenvalue weighted by molar-refractivity contribution is -0.122. The van der Waals surface area contributed by atoms with Crippen LogP contribution in [0, 0.1) is 6.92 Å². The van der Waals surface area contributed by atoms with Crippen LogP contribution < -0.4 is 5.32 Å². The van der Waals surface area contributed by atoms with Crippen LogP contribution in [0.25, 0.3) is 0 Å². The van der Waals surface area contributed by atoms with E-state index in [1.54, 1.807) is 6.92 Å². The largest absolute Gasteiger partial charge is 0.361 e. The maximum absolute atomic E-state index is 13.5. The lowest BCUT2D eigenvalue weighted by Crippen LogP contribution is -2.49. The van der Waals surface area contributed by atoms with Crippen LogP contribution in [0.3, 0.4) is 0 Å². The molecule has 3 atom stereocenters. The van der Waals surface area contributed by atoms with Crippen molar-refractivity contribution in [2.24, 2.45) is 0 Å². The first-order valence-electron chi connectivity index (χ1n) is 10.2. The minimum atomic E-state index is -0.0654. The highest BCUT2D eigenvalue weighted by molar-refractivity contribution is 5.97. The van der Waals surface area contributed by atoms with Gasteiger partial charge in [-0.2, -0.15) is 0 Å². The van der Waals surface area contributed by atoms with Crippen molar-refractivity contribution in [2.75, 3.05) is 6.54 Å². The Hall–Kier alpha value is -2.63. The number of aromatic nitrogens is 1. The summed E-state index contributed by atoms with van der Waals surface area (Å²) in [4.78, 5) is 27.9. The zero-order chi connectivity index (χ0) is 19.7. The highest BCUT2D eigenvalue weighted by atomic mass is 16.5. The van der Waals surface area contributed by atoms with Gasteiger partial charge in [0.05, 0.1) is 17.8 Å². The SMILES string of the molecule is CCc1noc(C)c1C(=O)N1C[C@@H](c2ccccc2)[C@@H]2NC(=O)CCCC[C@H]21. The molecule has 2 amide bonds. The summed E-state index contributed by atoms with van der Waals surface area (Å²) in [6, 6.07) is 10.1. The van der Waals surface area contributed by atoms with Gasteiger partial charge in [-0.25, -0.2) is 0 Å². The van der Waals surface area contributed by atoms with Crippen molar-refractivity contribution in [1.82, 2.24) is 15.4 Å². The summed E-state index contributed by atoms with van der Waals surface area (Å²) in [5.74, 6) is 0.707. The molecule has 2 aromatic rings. The van der Waals surface area contributed by atoms with Gasteiger partial charge >= 0.3 is 0 Å². The number of hydrogen-bond donors (Lipinski definition) is 1. The molecule has 0 unspecified atom stereocenters. The molecule has 3 heterocycles. The Bertz CT molecular complexity index is 861. The first-order chi connectivity index (χ1) is 13.6. The Kier molecular flexibility index (Phi) is 5.20. The van der Waals surface area contributed by atoms with Gasteiger partial charge in [-0.3, -0.25) is 9.59 Å². The minimum absolute atomic E-state index is 0.0130. The fourth-order valence-electron chi connectivity index (χ4n) is 4.68. The maximum Gasteiger partial charge on any atom is 0.259 e. The molecule has 6 nitrogen and oxygen atoms in total. The van der Waals surface area contributed by atoms with Crippen LogP contribution in [0.2, 0.25) is 0 Å². The monoisotopic (exact) mass is 381 g/mol. The summed E-state index contributed by atoms with van der Waals surface area (Å²) < 4.78 is 5.31. The second kappa shape index (κ2) is 7.78. The Morgan fingerprint density at radius 1 is 1.29 bits per heavy atom. The average molecular weight is 381 g/mol. The third-order valence-corrected chi connectivity index (χ3v) is 6.09. The quantitative estimate of drug-likeness (QED) is 0.886. The van der Waals surface area contributed by atoms with Crippen LogP contribution in [0.1, 0.15) is 65.9 Å². The lowest BCUT2D eigenvalue weighted by Gasteiger charge is -2.31. The summed E-state index contributed by atoms with van der Waals surface area (Å²) >= 11 is 0. The predicted molar refractivity (Wildman–Crippen MR) is 105 cm³/mol. The molecule has 0 aliphatic carbocycles. The van der Waals surface area contributed by atoms with Crippen molar-refractivity contribution in [3.8, 4) is 0 Å². The third kappa shape index (κ3) is 3.32. The van der Waals surface area contributed by atoms with Crippen LogP contribution in [0.4, 0.5) is 0 Å². The minimum Gasteiger partial charge on any atom is -0.361 e. The van der Waals surface area contributed by atoms with E-state index in [1.807, 2.05) is 30.0 Å². The number of nitrogens with one attached hydrogen (secondary N) is 1. The van der Waals surface area contributed by atoms with Crippen LogP contribution in [0.5, 0.6) is 0 Å². The van der Waals surface area contributed by atoms with E-state index in [2.05, 4.69) is 22.6 Å². The molecule has 0 saturated carbocycles. The smallest absolute Gasteiger partial charge is 0.259 e. The second-order valence-electron chi connectivity index (χ2n) is 7.80. The molecule has 0 spiro atoms. The number of aryl methyl sites for hydroxylation is 2. The molecular weight excluding hydrogens is 354 g/mol. The normalized spacial score (nSPS) is 25.0. The molecule has 1 aromatic heterocycles. The molecule has 2 aliphatic heterocycles. The molecule has 4 rings (SSSR count). The summed E-state index contributed by atoms with van der Waals surface area (Å²) in [6.07, 6.45) is 3.91. The van der Waals surface area contributed by atoms with Gasteiger partial charge in [0.2, 0.25) is 5.91 Å². The molecule has 2 saturated heterocycles. The van der Waals surface area contributed by atoms with Gasteiger partial charge in [-0.05, 0) is 31.7 Å². The van der Waals surface area contributed by atoms with Gasteiger partial charge < -0.3 is 14.7 Å². The molecule has 148 valence electrons. The topological polar surface area (TPSA) is 75.4 Å². The highest BCUT2D eigenvalue weighted by Crippen LogP contribution is 2.37. The molecule has 0 bridgehead atoms. The van der Waals surface area contributed by atoms with Gasteiger partial charge in [-0.1, -0.05) is 48.8 Å². The van der Waals surface area contributed by atoms with E-state index in [4.69, 9.17) is 4.52 Å². The Morgan fingerprint density at radius 3 is 2.82 bits per heavy atom. The summed E-state index contributed by atoms with van der Waals surface area (Å²) in [7, 11) is 0. The van der Waals surface area contributed by atoms with Gasteiger partial charge in [0, 0.05) is 18.9 Å². The third-order valence-electron chi connectivity index (χ3n) is 6.09. The molecule has 1 N–H and O–H groups in total. The Morgan fingerprint density at radius 2 is 2.07 bits per heavy atom. The van der Waals surface area contributed by atoms with Gasteiger partial charge in [0.1, 0.15) is 11.3 Å². The number of likely N-dealkylation sites (tertiary alicyclic amines) is 1. The van der Waals surface area contributed by atoms with Crippen molar-refractivity contribution in [1.29, 1.82) is 0 Å². The van der Waals surface area contributed by atoms with Crippen LogP contribution in [-0.2, 0) is 11.2 Å². The van der Waals surface area contributed by atoms with Gasteiger partial charge in [0.25, 0.3) is 5.91 Å². The van der Waals surface area contributed by atoms with Crippen molar-refractivity contribution in [3.63, 3.8) is 0 Å². The summed E-state index contributed by atoms with van der Waals surface area (Å²) in [5.41, 5.74) is 2.45. The zero-order valence-electron chi connectivity index (χ0n) is 16.5. The van der Waals surface area contributed by atoms with Crippen molar-refractivity contribution in [2.45, 2.75) is 64.0 Å². The fourth-order valence-corrected chi connectivity index (χ4v) is 4.68. The Balaban J connectivity index is 1.71. The number of rotatable bonds is 3. The lowest BCUT2D eigenvalue weighted by atomic mass is 9.88. The van der Waals surface area contributed by atoms with E-state index < -0.39 is 0 Å². The molecule has 2 fully saturated rings. The van der Waals surface area contributed by atoms with Crippen LogP contribution in [-0.4, -0.2) is 40.5 Å². The van der Waals surface area contributed by atoms with E-state index in [-0.39, 0.29) is 29.8 Å². The molecule has 2 aliphatic rings. The standard InChI is InChI=1S/C22H27N3O3/c1-3-17-20(14(2)28-24-17)22(27)25-13-16(15-9-5-4-6-10-15)21-18(25)11-7-8-12-19(26)23-21/h4-6,9-10,16,18,21H,3,7-8,11-13H2,1-2H3,(H,23,26)/t16-,18+,21-/m0/s1. The van der Waals surface area contributed by atoms with E-state index in [0.29, 0.717) is 36.4 Å². The van der Waals surface area contributed by atoms with Crippen molar-refractivity contribution < 1.29 is 14.1 Å². The molecule has 1 aromatic carbocycles. The number of carbonyl (C=O) groups excluding carboxylic acids is 2. The molecule has 6 heteroatoms. The number of carbonyl (C=O) groups is 2. The maximum atomic E-state index is 13.5. The second-order valence-corrected chi connectivity index (χ2v) is 7.80. The van der Waals surface area contributed by atoms with Gasteiger partial charge in [-0.15, -0.1) is 0 Å². The van der Waals surface area contributed by atoms with Gasteiger partial charge in [0.15, 0.2) is 0 Å². The Labute approximate surface area is 165 Å². The molecule has 0 radical (unpaired) electrons.